The summed E-state index contributed by atoms with van der Waals surface area (Å²) in [5.74, 6) is 3.28. The number of hydrogen-bond donors (Lipinski definition) is 1. The van der Waals surface area contributed by atoms with Gasteiger partial charge in [-0.25, -0.2) is 5.43 Å². The second-order valence-electron chi connectivity index (χ2n) is 7.28. The van der Waals surface area contributed by atoms with E-state index in [1.807, 2.05) is 0 Å². The summed E-state index contributed by atoms with van der Waals surface area (Å²) in [6.45, 7) is 5.43. The van der Waals surface area contributed by atoms with Gasteiger partial charge in [0.2, 0.25) is 17.8 Å². The molecule has 1 aromatic heterocycles. The Morgan fingerprint density at radius 2 is 1.30 bits per heavy atom. The molecule has 0 spiro atoms. The second kappa shape index (κ2) is 11.0. The molecule has 1 aromatic carbocycles. The highest BCUT2D eigenvalue weighted by Gasteiger charge is 2.20. The molecule has 0 aliphatic carbocycles. The molecular formula is C21H29N7O5. The summed E-state index contributed by atoms with van der Waals surface area (Å²) >= 11 is 0. The Balaban J connectivity index is 1.58. The van der Waals surface area contributed by atoms with Gasteiger partial charge in [-0.2, -0.15) is 20.1 Å². The molecule has 178 valence electrons. The van der Waals surface area contributed by atoms with Crippen LogP contribution in [0.4, 0.5) is 17.8 Å². The number of morpholine rings is 2. The average molecular weight is 460 g/mol. The first-order valence-corrected chi connectivity index (χ1v) is 10.7. The summed E-state index contributed by atoms with van der Waals surface area (Å²) in [4.78, 5) is 18.0. The summed E-state index contributed by atoms with van der Waals surface area (Å²) < 4.78 is 27.1. The van der Waals surface area contributed by atoms with Gasteiger partial charge in [-0.1, -0.05) is 0 Å². The molecular weight excluding hydrogens is 430 g/mol. The van der Waals surface area contributed by atoms with E-state index >= 15 is 0 Å². The van der Waals surface area contributed by atoms with Crippen LogP contribution in [0, 0.1) is 0 Å². The van der Waals surface area contributed by atoms with Crippen LogP contribution in [0.3, 0.4) is 0 Å². The summed E-state index contributed by atoms with van der Waals surface area (Å²) in [6.07, 6.45) is 1.62. The van der Waals surface area contributed by atoms with Crippen LogP contribution in [0.25, 0.3) is 0 Å². The van der Waals surface area contributed by atoms with E-state index in [0.717, 1.165) is 26.2 Å². The summed E-state index contributed by atoms with van der Waals surface area (Å²) in [5.41, 5.74) is 3.64. The van der Waals surface area contributed by atoms with Gasteiger partial charge in [0.25, 0.3) is 0 Å². The van der Waals surface area contributed by atoms with Crippen molar-refractivity contribution in [2.75, 3.05) is 89.2 Å². The van der Waals surface area contributed by atoms with Gasteiger partial charge in [0.05, 0.1) is 54.0 Å². The largest absolute Gasteiger partial charge is 0.496 e. The van der Waals surface area contributed by atoms with Crippen molar-refractivity contribution in [3.63, 3.8) is 0 Å². The normalized spacial score (nSPS) is 16.7. The molecule has 2 aliphatic rings. The Kier molecular flexibility index (Phi) is 7.58. The van der Waals surface area contributed by atoms with Gasteiger partial charge in [-0.15, -0.1) is 0 Å². The predicted octanol–water partition coefficient (Wildman–Crippen LogP) is 1.02. The van der Waals surface area contributed by atoms with Crippen molar-refractivity contribution in [3.8, 4) is 17.2 Å². The minimum absolute atomic E-state index is 0.351. The number of nitrogens with one attached hydrogen (secondary N) is 1. The number of rotatable bonds is 8. The SMILES string of the molecule is COc1cc(OC)c(OC)cc1/C=N/Nc1nc(N2CCOCC2)nc(N2CCOCC2)n1. The first kappa shape index (κ1) is 22.8. The lowest BCUT2D eigenvalue weighted by atomic mass is 10.2. The summed E-state index contributed by atoms with van der Waals surface area (Å²) in [5, 5.41) is 4.33. The highest BCUT2D eigenvalue weighted by atomic mass is 16.5. The highest BCUT2D eigenvalue weighted by molar-refractivity contribution is 5.85. The van der Waals surface area contributed by atoms with Gasteiger partial charge in [-0.05, 0) is 6.07 Å². The number of benzene rings is 1. The molecule has 0 saturated carbocycles. The van der Waals surface area contributed by atoms with E-state index in [1.165, 1.54) is 0 Å². The van der Waals surface area contributed by atoms with E-state index < -0.39 is 0 Å². The fourth-order valence-electron chi connectivity index (χ4n) is 3.53. The van der Waals surface area contributed by atoms with Crippen molar-refractivity contribution in [1.82, 2.24) is 15.0 Å². The quantitative estimate of drug-likeness (QED) is 0.450. The Labute approximate surface area is 192 Å². The van der Waals surface area contributed by atoms with Gasteiger partial charge < -0.3 is 33.5 Å². The molecule has 33 heavy (non-hydrogen) atoms. The molecule has 0 bridgehead atoms. The highest BCUT2D eigenvalue weighted by Crippen LogP contribution is 2.33. The van der Waals surface area contributed by atoms with Crippen molar-refractivity contribution < 1.29 is 23.7 Å². The van der Waals surface area contributed by atoms with Crippen molar-refractivity contribution >= 4 is 24.1 Å². The van der Waals surface area contributed by atoms with Gasteiger partial charge in [0.15, 0.2) is 11.5 Å². The van der Waals surface area contributed by atoms with Crippen LogP contribution in [-0.4, -0.2) is 95.1 Å². The van der Waals surface area contributed by atoms with Crippen LogP contribution in [0.15, 0.2) is 17.2 Å². The molecule has 4 rings (SSSR count). The molecule has 12 nitrogen and oxygen atoms in total. The Morgan fingerprint density at radius 3 is 1.82 bits per heavy atom. The maximum Gasteiger partial charge on any atom is 0.250 e. The van der Waals surface area contributed by atoms with Gasteiger partial charge in [0.1, 0.15) is 5.75 Å². The molecule has 2 aliphatic heterocycles. The van der Waals surface area contributed by atoms with E-state index in [2.05, 4.69) is 30.3 Å². The van der Waals surface area contributed by atoms with E-state index in [4.69, 9.17) is 28.7 Å². The van der Waals surface area contributed by atoms with Crippen LogP contribution in [0.5, 0.6) is 17.2 Å². The lowest BCUT2D eigenvalue weighted by molar-refractivity contribution is 0.121. The third-order valence-electron chi connectivity index (χ3n) is 5.30. The number of hydrogen-bond acceptors (Lipinski definition) is 12. The number of anilines is 3. The monoisotopic (exact) mass is 459 g/mol. The Hall–Kier alpha value is -3.38. The van der Waals surface area contributed by atoms with Crippen molar-refractivity contribution in [2.24, 2.45) is 5.10 Å². The minimum Gasteiger partial charge on any atom is -0.496 e. The van der Waals surface area contributed by atoms with E-state index in [1.54, 1.807) is 39.7 Å². The Bertz CT molecular complexity index is 926. The van der Waals surface area contributed by atoms with Gasteiger partial charge in [-0.3, -0.25) is 0 Å². The van der Waals surface area contributed by atoms with Crippen molar-refractivity contribution in [3.05, 3.63) is 17.7 Å². The molecule has 1 N–H and O–H groups in total. The van der Waals surface area contributed by atoms with E-state index in [0.29, 0.717) is 67.1 Å². The predicted molar refractivity (Wildman–Crippen MR) is 123 cm³/mol. The van der Waals surface area contributed by atoms with Crippen LogP contribution in [0.2, 0.25) is 0 Å². The first-order valence-electron chi connectivity index (χ1n) is 10.7. The molecule has 2 saturated heterocycles. The molecule has 0 amide bonds. The zero-order valence-corrected chi connectivity index (χ0v) is 19.1. The summed E-state index contributed by atoms with van der Waals surface area (Å²) in [6, 6.07) is 3.53. The lowest BCUT2D eigenvalue weighted by Crippen LogP contribution is -2.40. The third kappa shape index (κ3) is 5.52. The topological polar surface area (TPSA) is 116 Å². The number of nitrogens with zero attached hydrogens (tertiary/aromatic N) is 6. The van der Waals surface area contributed by atoms with Gasteiger partial charge in [0, 0.05) is 37.8 Å². The van der Waals surface area contributed by atoms with Gasteiger partial charge >= 0.3 is 0 Å². The third-order valence-corrected chi connectivity index (χ3v) is 5.30. The van der Waals surface area contributed by atoms with E-state index in [9.17, 15) is 0 Å². The maximum atomic E-state index is 5.46. The molecule has 2 fully saturated rings. The number of aromatic nitrogens is 3. The fourth-order valence-corrected chi connectivity index (χ4v) is 3.53. The standard InChI is InChI=1S/C21H29N7O5/c1-29-16-13-18(31-3)17(30-2)12-15(16)14-22-26-19-23-20(27-4-8-32-9-5-27)25-21(24-19)28-6-10-33-11-7-28/h12-14H,4-11H2,1-3H3,(H,23,24,25,26)/b22-14+. The molecule has 0 unspecified atom stereocenters. The van der Waals surface area contributed by atoms with E-state index in [-0.39, 0.29) is 0 Å². The number of hydrazone groups is 1. The smallest absolute Gasteiger partial charge is 0.250 e. The zero-order chi connectivity index (χ0) is 23.0. The number of methoxy groups -OCH3 is 3. The molecule has 3 heterocycles. The Morgan fingerprint density at radius 1 is 0.788 bits per heavy atom. The maximum absolute atomic E-state index is 5.46. The van der Waals surface area contributed by atoms with Crippen LogP contribution in [-0.2, 0) is 9.47 Å². The minimum atomic E-state index is 0.351. The molecule has 12 heteroatoms. The lowest BCUT2D eigenvalue weighted by Gasteiger charge is -2.30. The van der Waals surface area contributed by atoms with Crippen LogP contribution >= 0.6 is 0 Å². The number of ether oxygens (including phenoxy) is 5. The van der Waals surface area contributed by atoms with Crippen molar-refractivity contribution in [1.29, 1.82) is 0 Å². The zero-order valence-electron chi connectivity index (χ0n) is 19.1. The fraction of sp³-hybridized carbons (Fsp3) is 0.524. The summed E-state index contributed by atoms with van der Waals surface area (Å²) in [7, 11) is 4.74. The first-order chi connectivity index (χ1) is 16.2. The van der Waals surface area contributed by atoms with Crippen molar-refractivity contribution in [2.45, 2.75) is 0 Å². The average Bonchev–Trinajstić information content (AvgIpc) is 2.89. The van der Waals surface area contributed by atoms with Crippen LogP contribution < -0.4 is 29.4 Å². The molecule has 2 aromatic rings. The molecule has 0 radical (unpaired) electrons. The molecule has 0 atom stereocenters. The van der Waals surface area contributed by atoms with Crippen LogP contribution in [0.1, 0.15) is 5.56 Å². The second-order valence-corrected chi connectivity index (χ2v) is 7.28.